The van der Waals surface area contributed by atoms with Gasteiger partial charge in [0.25, 0.3) is 6.47 Å². The van der Waals surface area contributed by atoms with E-state index < -0.39 is 0 Å². The Kier molecular flexibility index (Phi) is 244. The Hall–Kier alpha value is -1.85. The van der Waals surface area contributed by atoms with E-state index in [9.17, 15) is 4.79 Å². The number of carbonyl (C=O) groups excluding carboxylic acids is 1. The first kappa shape index (κ1) is 29.5. The van der Waals surface area contributed by atoms with Gasteiger partial charge in [-0.2, -0.15) is 0 Å². The van der Waals surface area contributed by atoms with E-state index in [1.165, 1.54) is 0 Å². The molecule has 6 heteroatoms. The van der Waals surface area contributed by atoms with Crippen molar-refractivity contribution >= 4 is 33.3 Å². The van der Waals surface area contributed by atoms with E-state index in [-0.39, 0.29) is 6.10 Å². The lowest BCUT2D eigenvalue weighted by Gasteiger charge is -1.96. The van der Waals surface area contributed by atoms with Gasteiger partial charge in [0.05, 0.1) is 6.10 Å². The Morgan fingerprint density at radius 2 is 1.14 bits per heavy atom. The Balaban J connectivity index is -0.0000000287. The molecule has 84 valence electrons. The molecule has 0 spiro atoms. The maximum absolute atomic E-state index is 9.39. The molecule has 0 saturated heterocycles. The van der Waals surface area contributed by atoms with Crippen LogP contribution in [0.25, 0.3) is 0 Å². The lowest BCUT2D eigenvalue weighted by atomic mass is 10.5. The molecular formula is C8H20N4O2. The molecule has 4 N–H and O–H groups in total. The van der Waals surface area contributed by atoms with Gasteiger partial charge in [-0.1, -0.05) is 0 Å². The monoisotopic (exact) mass is 204 g/mol. The summed E-state index contributed by atoms with van der Waals surface area (Å²) in [5, 5.41) is 22.0. The molecule has 0 aromatic heterocycles. The molecule has 0 rings (SSSR count). The van der Waals surface area contributed by atoms with E-state index in [1.54, 1.807) is 13.8 Å². The van der Waals surface area contributed by atoms with E-state index >= 15 is 0 Å². The zero-order valence-electron chi connectivity index (χ0n) is 8.80. The second kappa shape index (κ2) is 116. The minimum absolute atomic E-state index is 0.0301. The van der Waals surface area contributed by atoms with Crippen molar-refractivity contribution in [3.05, 3.63) is 0 Å². The summed E-state index contributed by atoms with van der Waals surface area (Å²) in [6, 6.07) is 0. The molecule has 0 aromatic rings. The highest BCUT2D eigenvalue weighted by Gasteiger charge is 1.83. The average Bonchev–Trinajstić information content (AvgIpc) is 2.29. The van der Waals surface area contributed by atoms with Crippen LogP contribution in [0.1, 0.15) is 13.8 Å². The minimum Gasteiger partial charge on any atom is -0.465 e. The third-order valence-electron chi connectivity index (χ3n) is 0.328. The normalized spacial score (nSPS) is 4.79. The van der Waals surface area contributed by atoms with Crippen LogP contribution in [0.5, 0.6) is 0 Å². The van der Waals surface area contributed by atoms with Gasteiger partial charge in [0, 0.05) is 0 Å². The summed E-state index contributed by atoms with van der Waals surface area (Å²) in [5.74, 6) is 0. The third-order valence-corrected chi connectivity index (χ3v) is 0.328. The molecular weight excluding hydrogens is 184 g/mol. The molecule has 0 amide bonds. The summed E-state index contributed by atoms with van der Waals surface area (Å²) >= 11 is 0. The van der Waals surface area contributed by atoms with E-state index in [0.29, 0.717) is 6.47 Å². The number of ether oxygens (including phenoxy) is 1. The van der Waals surface area contributed by atoms with Crippen LogP contribution >= 0.6 is 0 Å². The van der Waals surface area contributed by atoms with Gasteiger partial charge in [-0.15, -0.1) is 0 Å². The van der Waals surface area contributed by atoms with Gasteiger partial charge in [-0.25, -0.2) is 0 Å². The summed E-state index contributed by atoms with van der Waals surface area (Å²) in [6.07, 6.45) is 0.0301. The lowest BCUT2D eigenvalue weighted by molar-refractivity contribution is -0.131. The molecule has 0 atom stereocenters. The highest BCUT2D eigenvalue weighted by Crippen LogP contribution is 1.79. The molecule has 0 fully saturated rings. The average molecular weight is 204 g/mol. The summed E-state index contributed by atoms with van der Waals surface area (Å²) in [6.45, 7) is 14.0. The zero-order chi connectivity index (χ0) is 13.0. The lowest BCUT2D eigenvalue weighted by Crippen LogP contribution is -1.98. The second-order valence-corrected chi connectivity index (χ2v) is 1.28. The van der Waals surface area contributed by atoms with Crippen LogP contribution in [0, 0.1) is 21.6 Å². The first-order valence-corrected chi connectivity index (χ1v) is 3.28. The molecule has 0 saturated carbocycles. The number of rotatable bonds is 2. The fourth-order valence-corrected chi connectivity index (χ4v) is 0.111. The zero-order valence-corrected chi connectivity index (χ0v) is 8.80. The van der Waals surface area contributed by atoms with Crippen molar-refractivity contribution < 1.29 is 9.53 Å². The maximum Gasteiger partial charge on any atom is 0.293 e. The molecule has 14 heavy (non-hydrogen) atoms. The van der Waals surface area contributed by atoms with Crippen LogP contribution in [0.4, 0.5) is 0 Å². The first-order valence-electron chi connectivity index (χ1n) is 3.28. The van der Waals surface area contributed by atoms with Gasteiger partial charge in [0.2, 0.25) is 0 Å². The first-order chi connectivity index (χ1) is 6.77. The van der Waals surface area contributed by atoms with Crippen molar-refractivity contribution in [2.75, 3.05) is 0 Å². The van der Waals surface area contributed by atoms with E-state index in [0.717, 1.165) is 0 Å². The van der Waals surface area contributed by atoms with Gasteiger partial charge in [-0.05, 0) is 40.7 Å². The molecule has 0 bridgehead atoms. The van der Waals surface area contributed by atoms with Crippen LogP contribution < -0.4 is 0 Å². The second-order valence-electron chi connectivity index (χ2n) is 1.28. The van der Waals surface area contributed by atoms with Crippen molar-refractivity contribution in [3.8, 4) is 0 Å². The van der Waals surface area contributed by atoms with Crippen LogP contribution in [0.3, 0.4) is 0 Å². The van der Waals surface area contributed by atoms with Gasteiger partial charge >= 0.3 is 0 Å². The number of hydrogen-bond acceptors (Lipinski definition) is 6. The molecule has 0 aromatic carbocycles. The van der Waals surface area contributed by atoms with Gasteiger partial charge in [0.15, 0.2) is 0 Å². The molecule has 0 unspecified atom stereocenters. The van der Waals surface area contributed by atoms with Crippen molar-refractivity contribution in [2.45, 2.75) is 20.0 Å². The quantitative estimate of drug-likeness (QED) is 0.403. The summed E-state index contributed by atoms with van der Waals surface area (Å²) in [5.41, 5.74) is 0. The van der Waals surface area contributed by atoms with Gasteiger partial charge in [-0.3, -0.25) is 4.79 Å². The topological polar surface area (TPSA) is 122 Å². The van der Waals surface area contributed by atoms with Crippen LogP contribution in [-0.4, -0.2) is 39.4 Å². The van der Waals surface area contributed by atoms with Crippen molar-refractivity contribution in [2.24, 2.45) is 0 Å². The molecule has 0 aliphatic rings. The van der Waals surface area contributed by atoms with Crippen molar-refractivity contribution in [3.63, 3.8) is 0 Å². The number of nitrogens with one attached hydrogen (secondary N) is 4. The standard InChI is InChI=1S/C4H8O2.4CH3N/c1-4(2)6-3-5;4*1-2/h3-4H,1-2H3;4*2H,1H2. The van der Waals surface area contributed by atoms with Crippen LogP contribution in [0.15, 0.2) is 0 Å². The largest absolute Gasteiger partial charge is 0.465 e. The van der Waals surface area contributed by atoms with Crippen molar-refractivity contribution in [1.29, 1.82) is 21.6 Å². The molecule has 6 nitrogen and oxygen atoms in total. The highest BCUT2D eigenvalue weighted by atomic mass is 16.5. The van der Waals surface area contributed by atoms with Gasteiger partial charge < -0.3 is 26.4 Å². The summed E-state index contributed by atoms with van der Waals surface area (Å²) < 4.78 is 4.36. The van der Waals surface area contributed by atoms with Crippen molar-refractivity contribution in [1.82, 2.24) is 0 Å². The summed E-state index contributed by atoms with van der Waals surface area (Å²) in [7, 11) is 0. The van der Waals surface area contributed by atoms with E-state index in [1.807, 2.05) is 0 Å². The predicted molar refractivity (Wildman–Crippen MR) is 61.6 cm³/mol. The molecule has 0 radical (unpaired) electrons. The fraction of sp³-hybridized carbons (Fsp3) is 0.375. The highest BCUT2D eigenvalue weighted by molar-refractivity contribution is 5.37. The summed E-state index contributed by atoms with van der Waals surface area (Å²) in [4.78, 5) is 9.39. The molecule has 0 heterocycles. The Morgan fingerprint density at radius 1 is 0.929 bits per heavy atom. The van der Waals surface area contributed by atoms with E-state index in [4.69, 9.17) is 21.6 Å². The Morgan fingerprint density at radius 3 is 1.14 bits per heavy atom. The fourth-order valence-electron chi connectivity index (χ4n) is 0.111. The number of carbonyl (C=O) groups is 1. The Bertz CT molecular complexity index is 83.4. The maximum atomic E-state index is 9.39. The third kappa shape index (κ3) is 643. The molecule has 0 aliphatic carbocycles. The molecule has 0 aliphatic heterocycles. The van der Waals surface area contributed by atoms with Crippen LogP contribution in [0.2, 0.25) is 0 Å². The van der Waals surface area contributed by atoms with Gasteiger partial charge in [0.1, 0.15) is 0 Å². The van der Waals surface area contributed by atoms with Crippen LogP contribution in [-0.2, 0) is 9.53 Å². The SMILES string of the molecule is C=N.C=N.C=N.C=N.CC(C)OC=O. The Labute approximate surface area is 85.3 Å². The minimum atomic E-state index is 0.0301. The predicted octanol–water partition coefficient (Wildman–Crippen LogP) is 1.63. The smallest absolute Gasteiger partial charge is 0.293 e. The van der Waals surface area contributed by atoms with E-state index in [2.05, 4.69) is 31.6 Å². The number of hydrogen-bond donors (Lipinski definition) is 4.